The minimum Gasteiger partial charge on any atom is -0.507 e. The van der Waals surface area contributed by atoms with E-state index in [1.165, 1.54) is 5.57 Å². The van der Waals surface area contributed by atoms with Gasteiger partial charge in [-0.1, -0.05) is 43.6 Å². The predicted molar refractivity (Wildman–Crippen MR) is 126 cm³/mol. The number of carbonyl (C=O) groups excluding carboxylic acids is 1. The number of benzene rings is 1. The van der Waals surface area contributed by atoms with Gasteiger partial charge in [-0.05, 0) is 77.0 Å². The number of aryl methyl sites for hydroxylation is 1. The van der Waals surface area contributed by atoms with Crippen LogP contribution in [0.15, 0.2) is 35.9 Å². The van der Waals surface area contributed by atoms with Gasteiger partial charge in [0.15, 0.2) is 0 Å². The van der Waals surface area contributed by atoms with Gasteiger partial charge in [-0.3, -0.25) is 0 Å². The minimum atomic E-state index is -0.778. The first-order valence-corrected chi connectivity index (χ1v) is 11.8. The SMILES string of the molecule is C=C(C)[C@@H]1CCC(C)=C[C@H]1c1c(O)cc(CCCCC)cc1OC(=O)OC(C)(C)C1CO1. The molecular formula is C27H38O5. The highest BCUT2D eigenvalue weighted by molar-refractivity contribution is 5.67. The molecule has 0 radical (unpaired) electrons. The molecule has 1 aromatic rings. The van der Waals surface area contributed by atoms with E-state index in [2.05, 4.69) is 26.5 Å². The molecule has 32 heavy (non-hydrogen) atoms. The van der Waals surface area contributed by atoms with Gasteiger partial charge in [-0.2, -0.15) is 0 Å². The van der Waals surface area contributed by atoms with Crippen molar-refractivity contribution in [1.29, 1.82) is 0 Å². The standard InChI is InChI=1S/C27H38O5/c1-7-8-9-10-19-14-22(28)25(21-13-18(4)11-12-20(21)17(2)3)23(15-19)31-26(29)32-27(5,6)24-16-30-24/h13-15,20-21,24,28H,2,7-12,16H2,1,3-6H3/t20-,21+,24?/m0/s1. The summed E-state index contributed by atoms with van der Waals surface area (Å²) in [4.78, 5) is 12.7. The molecule has 1 aliphatic carbocycles. The number of hydrogen-bond donors (Lipinski definition) is 1. The second kappa shape index (κ2) is 10.1. The largest absolute Gasteiger partial charge is 0.514 e. The molecule has 1 heterocycles. The minimum absolute atomic E-state index is 0.103. The van der Waals surface area contributed by atoms with Crippen LogP contribution in [0.25, 0.3) is 0 Å². The molecule has 1 aromatic carbocycles. The molecule has 1 saturated heterocycles. The van der Waals surface area contributed by atoms with Crippen molar-refractivity contribution in [2.45, 2.75) is 90.8 Å². The Morgan fingerprint density at radius 1 is 1.31 bits per heavy atom. The molecule has 1 fully saturated rings. The summed E-state index contributed by atoms with van der Waals surface area (Å²) in [5.41, 5.74) is 3.15. The fraction of sp³-hybridized carbons (Fsp3) is 0.593. The molecule has 0 aromatic heterocycles. The van der Waals surface area contributed by atoms with Crippen molar-refractivity contribution in [3.8, 4) is 11.5 Å². The van der Waals surface area contributed by atoms with Crippen LogP contribution < -0.4 is 4.74 Å². The normalized spacial score (nSPS) is 22.8. The second-order valence-electron chi connectivity index (χ2n) is 9.89. The summed E-state index contributed by atoms with van der Waals surface area (Å²) in [6.07, 6.45) is 7.30. The molecule has 1 N–H and O–H groups in total. The third kappa shape index (κ3) is 5.94. The van der Waals surface area contributed by atoms with Crippen LogP contribution in [-0.2, 0) is 15.9 Å². The molecule has 1 unspecified atom stereocenters. The molecular weight excluding hydrogens is 404 g/mol. The van der Waals surface area contributed by atoms with Crippen molar-refractivity contribution < 1.29 is 24.1 Å². The second-order valence-corrected chi connectivity index (χ2v) is 9.89. The van der Waals surface area contributed by atoms with E-state index in [-0.39, 0.29) is 23.7 Å². The molecule has 3 atom stereocenters. The first-order valence-electron chi connectivity index (χ1n) is 11.8. The van der Waals surface area contributed by atoms with Crippen molar-refractivity contribution in [2.75, 3.05) is 6.61 Å². The van der Waals surface area contributed by atoms with E-state index in [0.717, 1.165) is 49.7 Å². The molecule has 0 bridgehead atoms. The molecule has 1 aliphatic heterocycles. The number of phenols is 1. The number of carbonyl (C=O) groups is 1. The Bertz CT molecular complexity index is 878. The number of unbranched alkanes of at least 4 members (excludes halogenated alkanes) is 2. The quantitative estimate of drug-likeness (QED) is 0.149. The monoisotopic (exact) mass is 442 g/mol. The summed E-state index contributed by atoms with van der Waals surface area (Å²) in [7, 11) is 0. The smallest absolute Gasteiger partial charge is 0.507 e. The average molecular weight is 443 g/mol. The molecule has 2 aliphatic rings. The molecule has 5 nitrogen and oxygen atoms in total. The van der Waals surface area contributed by atoms with E-state index in [1.54, 1.807) is 0 Å². The summed E-state index contributed by atoms with van der Waals surface area (Å²) < 4.78 is 16.6. The lowest BCUT2D eigenvalue weighted by atomic mass is 9.73. The highest BCUT2D eigenvalue weighted by atomic mass is 16.7. The summed E-state index contributed by atoms with van der Waals surface area (Å²) >= 11 is 0. The first-order chi connectivity index (χ1) is 15.1. The van der Waals surface area contributed by atoms with Crippen LogP contribution in [-0.4, -0.2) is 29.6 Å². The number of hydrogen-bond acceptors (Lipinski definition) is 5. The van der Waals surface area contributed by atoms with Crippen LogP contribution in [0, 0.1) is 5.92 Å². The lowest BCUT2D eigenvalue weighted by Gasteiger charge is -2.32. The predicted octanol–water partition coefficient (Wildman–Crippen LogP) is 6.83. The van der Waals surface area contributed by atoms with Gasteiger partial charge in [0.2, 0.25) is 0 Å². The van der Waals surface area contributed by atoms with Gasteiger partial charge in [0, 0.05) is 11.5 Å². The average Bonchev–Trinajstić information content (AvgIpc) is 3.53. The fourth-order valence-electron chi connectivity index (χ4n) is 4.56. The molecule has 3 rings (SSSR count). The van der Waals surface area contributed by atoms with Crippen molar-refractivity contribution in [3.05, 3.63) is 47.1 Å². The number of rotatable bonds is 9. The molecule has 0 saturated carbocycles. The van der Waals surface area contributed by atoms with E-state index in [1.807, 2.05) is 32.9 Å². The van der Waals surface area contributed by atoms with E-state index in [0.29, 0.717) is 17.9 Å². The van der Waals surface area contributed by atoms with E-state index in [4.69, 9.17) is 14.2 Å². The van der Waals surface area contributed by atoms with Gasteiger partial charge in [0.25, 0.3) is 0 Å². The van der Waals surface area contributed by atoms with E-state index in [9.17, 15) is 9.90 Å². The van der Waals surface area contributed by atoms with E-state index < -0.39 is 11.8 Å². The topological polar surface area (TPSA) is 68.3 Å². The molecule has 5 heteroatoms. The number of allylic oxidation sites excluding steroid dienone is 3. The zero-order chi connectivity index (χ0) is 23.5. The highest BCUT2D eigenvalue weighted by Crippen LogP contribution is 2.47. The van der Waals surface area contributed by atoms with Crippen molar-refractivity contribution >= 4 is 6.16 Å². The van der Waals surface area contributed by atoms with Gasteiger partial charge in [0.1, 0.15) is 23.2 Å². The third-order valence-corrected chi connectivity index (χ3v) is 6.61. The van der Waals surface area contributed by atoms with E-state index >= 15 is 0 Å². The maximum absolute atomic E-state index is 12.7. The number of ether oxygens (including phenoxy) is 3. The number of phenolic OH excluding ortho intramolecular Hbond substituents is 1. The van der Waals surface area contributed by atoms with Gasteiger partial charge in [0.05, 0.1) is 6.61 Å². The Hall–Kier alpha value is -2.27. The number of epoxide rings is 1. The summed E-state index contributed by atoms with van der Waals surface area (Å²) in [6.45, 7) is 14.7. The van der Waals surface area contributed by atoms with Crippen LogP contribution >= 0.6 is 0 Å². The van der Waals surface area contributed by atoms with Gasteiger partial charge >= 0.3 is 6.16 Å². The highest BCUT2D eigenvalue weighted by Gasteiger charge is 2.43. The maximum Gasteiger partial charge on any atom is 0.514 e. The zero-order valence-corrected chi connectivity index (χ0v) is 20.2. The number of aromatic hydroxyl groups is 1. The Morgan fingerprint density at radius 2 is 2.03 bits per heavy atom. The van der Waals surface area contributed by atoms with Crippen molar-refractivity contribution in [3.63, 3.8) is 0 Å². The molecule has 0 spiro atoms. The maximum atomic E-state index is 12.7. The third-order valence-electron chi connectivity index (χ3n) is 6.61. The van der Waals surface area contributed by atoms with Crippen LogP contribution in [0.2, 0.25) is 0 Å². The van der Waals surface area contributed by atoms with Crippen LogP contribution in [0.3, 0.4) is 0 Å². The lowest BCUT2D eigenvalue weighted by Crippen LogP contribution is -2.35. The zero-order valence-electron chi connectivity index (χ0n) is 20.2. The van der Waals surface area contributed by atoms with Gasteiger partial charge in [-0.25, -0.2) is 4.79 Å². The molecule has 0 amide bonds. The first kappa shape index (κ1) is 24.4. The van der Waals surface area contributed by atoms with Crippen LogP contribution in [0.1, 0.15) is 83.8 Å². The molecule has 176 valence electrons. The van der Waals surface area contributed by atoms with Crippen molar-refractivity contribution in [1.82, 2.24) is 0 Å². The lowest BCUT2D eigenvalue weighted by molar-refractivity contribution is -0.00779. The van der Waals surface area contributed by atoms with Crippen LogP contribution in [0.4, 0.5) is 4.79 Å². The summed E-state index contributed by atoms with van der Waals surface area (Å²) in [6, 6.07) is 3.71. The summed E-state index contributed by atoms with van der Waals surface area (Å²) in [5.74, 6) is 0.601. The Kier molecular flexibility index (Phi) is 7.71. The Morgan fingerprint density at radius 3 is 2.66 bits per heavy atom. The van der Waals surface area contributed by atoms with Gasteiger partial charge < -0.3 is 19.3 Å². The van der Waals surface area contributed by atoms with Crippen LogP contribution in [0.5, 0.6) is 11.5 Å². The Labute approximate surface area is 192 Å². The van der Waals surface area contributed by atoms with Crippen molar-refractivity contribution in [2.24, 2.45) is 5.92 Å². The Balaban J connectivity index is 1.96. The summed E-state index contributed by atoms with van der Waals surface area (Å²) in [5, 5.41) is 11.1. The fourth-order valence-corrected chi connectivity index (χ4v) is 4.56. The van der Waals surface area contributed by atoms with Gasteiger partial charge in [-0.15, -0.1) is 0 Å².